The van der Waals surface area contributed by atoms with Crippen LogP contribution in [0, 0.1) is 5.92 Å². The molecule has 4 nitrogen and oxygen atoms in total. The maximum atomic E-state index is 12.9. The van der Waals surface area contributed by atoms with Crippen LogP contribution in [0.25, 0.3) is 0 Å². The van der Waals surface area contributed by atoms with Crippen molar-refractivity contribution in [3.63, 3.8) is 0 Å². The highest BCUT2D eigenvalue weighted by atomic mass is 16.2. The Hall–Kier alpha value is -0.610. The molecule has 0 spiro atoms. The fourth-order valence-corrected chi connectivity index (χ4v) is 4.44. The van der Waals surface area contributed by atoms with Crippen molar-refractivity contribution in [1.82, 2.24) is 9.80 Å². The van der Waals surface area contributed by atoms with E-state index in [1.54, 1.807) is 0 Å². The van der Waals surface area contributed by atoms with Crippen LogP contribution in [0.5, 0.6) is 0 Å². The summed E-state index contributed by atoms with van der Waals surface area (Å²) in [4.78, 5) is 17.6. The number of likely N-dealkylation sites (tertiary alicyclic amines) is 2. The second kappa shape index (κ2) is 7.10. The van der Waals surface area contributed by atoms with Gasteiger partial charge in [0.05, 0.1) is 5.92 Å². The molecule has 0 aromatic heterocycles. The van der Waals surface area contributed by atoms with Crippen molar-refractivity contribution in [2.75, 3.05) is 26.2 Å². The van der Waals surface area contributed by atoms with Gasteiger partial charge in [0.25, 0.3) is 0 Å². The minimum atomic E-state index is 0.0878. The van der Waals surface area contributed by atoms with Crippen molar-refractivity contribution in [3.05, 3.63) is 0 Å². The van der Waals surface area contributed by atoms with Crippen molar-refractivity contribution in [1.29, 1.82) is 0 Å². The van der Waals surface area contributed by atoms with Crippen LogP contribution in [0.15, 0.2) is 0 Å². The largest absolute Gasteiger partial charge is 0.341 e. The zero-order chi connectivity index (χ0) is 14.7. The van der Waals surface area contributed by atoms with Crippen LogP contribution >= 0.6 is 0 Å². The van der Waals surface area contributed by atoms with Gasteiger partial charge in [0.1, 0.15) is 0 Å². The normalized spacial score (nSPS) is 35.7. The topological polar surface area (TPSA) is 49.6 Å². The molecular weight excluding hydrogens is 262 g/mol. The fourth-order valence-electron chi connectivity index (χ4n) is 4.44. The summed E-state index contributed by atoms with van der Waals surface area (Å²) in [5.41, 5.74) is 6.29. The third-order valence-electron chi connectivity index (χ3n) is 5.75. The van der Waals surface area contributed by atoms with Crippen molar-refractivity contribution in [3.8, 4) is 0 Å². The Kier molecular flexibility index (Phi) is 5.17. The molecule has 2 saturated heterocycles. The Bertz CT molecular complexity index is 354. The SMILES string of the molecule is NC1CCCCCC1C(=O)N1CCCC(N2CCCC2)C1. The Morgan fingerprint density at radius 3 is 2.43 bits per heavy atom. The van der Waals surface area contributed by atoms with Crippen molar-refractivity contribution >= 4 is 5.91 Å². The van der Waals surface area contributed by atoms with Crippen LogP contribution in [0.2, 0.25) is 0 Å². The lowest BCUT2D eigenvalue weighted by molar-refractivity contribution is -0.138. The maximum absolute atomic E-state index is 12.9. The lowest BCUT2D eigenvalue weighted by Crippen LogP contribution is -2.52. The van der Waals surface area contributed by atoms with E-state index in [9.17, 15) is 4.79 Å². The summed E-state index contributed by atoms with van der Waals surface area (Å²) in [7, 11) is 0. The minimum Gasteiger partial charge on any atom is -0.341 e. The first-order valence-corrected chi connectivity index (χ1v) is 9.04. The molecule has 0 aromatic rings. The minimum absolute atomic E-state index is 0.0878. The van der Waals surface area contributed by atoms with E-state index in [1.807, 2.05) is 0 Å². The van der Waals surface area contributed by atoms with Gasteiger partial charge in [0.15, 0.2) is 0 Å². The number of carbonyl (C=O) groups excluding carboxylic acids is 1. The molecule has 2 heterocycles. The highest BCUT2D eigenvalue weighted by Gasteiger charge is 2.34. The maximum Gasteiger partial charge on any atom is 0.227 e. The first-order valence-electron chi connectivity index (χ1n) is 9.04. The monoisotopic (exact) mass is 293 g/mol. The third-order valence-corrected chi connectivity index (χ3v) is 5.75. The molecule has 0 radical (unpaired) electrons. The number of hydrogen-bond donors (Lipinski definition) is 1. The average molecular weight is 293 g/mol. The summed E-state index contributed by atoms with van der Waals surface area (Å²) in [6.45, 7) is 4.36. The number of rotatable bonds is 2. The molecule has 2 aliphatic heterocycles. The van der Waals surface area contributed by atoms with Crippen molar-refractivity contribution in [2.45, 2.75) is 69.9 Å². The Labute approximate surface area is 129 Å². The molecule has 120 valence electrons. The molecule has 3 fully saturated rings. The molecule has 1 saturated carbocycles. The zero-order valence-electron chi connectivity index (χ0n) is 13.3. The van der Waals surface area contributed by atoms with Gasteiger partial charge in [-0.05, 0) is 51.6 Å². The molecule has 4 heteroatoms. The van der Waals surface area contributed by atoms with E-state index in [2.05, 4.69) is 9.80 Å². The molecule has 1 aliphatic carbocycles. The molecule has 3 atom stereocenters. The van der Waals surface area contributed by atoms with Gasteiger partial charge in [0.2, 0.25) is 5.91 Å². The summed E-state index contributed by atoms with van der Waals surface area (Å²) >= 11 is 0. The molecule has 0 aromatic carbocycles. The molecule has 3 aliphatic rings. The molecule has 1 amide bonds. The van der Waals surface area contributed by atoms with Crippen LogP contribution in [-0.4, -0.2) is 54.0 Å². The van der Waals surface area contributed by atoms with Gasteiger partial charge < -0.3 is 10.6 Å². The van der Waals surface area contributed by atoms with E-state index in [0.717, 1.165) is 32.4 Å². The van der Waals surface area contributed by atoms with Gasteiger partial charge in [0, 0.05) is 25.2 Å². The molecular formula is C17H31N3O. The van der Waals surface area contributed by atoms with Gasteiger partial charge in [-0.2, -0.15) is 0 Å². The van der Waals surface area contributed by atoms with E-state index in [1.165, 1.54) is 51.6 Å². The highest BCUT2D eigenvalue weighted by Crippen LogP contribution is 2.27. The van der Waals surface area contributed by atoms with Crippen molar-refractivity contribution in [2.24, 2.45) is 11.7 Å². The second-order valence-electron chi connectivity index (χ2n) is 7.23. The quantitative estimate of drug-likeness (QED) is 0.792. The van der Waals surface area contributed by atoms with Gasteiger partial charge in [-0.1, -0.05) is 19.3 Å². The Morgan fingerprint density at radius 2 is 1.62 bits per heavy atom. The first-order chi connectivity index (χ1) is 10.3. The lowest BCUT2D eigenvalue weighted by atomic mass is 9.92. The van der Waals surface area contributed by atoms with Gasteiger partial charge in [-0.15, -0.1) is 0 Å². The van der Waals surface area contributed by atoms with E-state index in [-0.39, 0.29) is 12.0 Å². The summed E-state index contributed by atoms with van der Waals surface area (Å²) < 4.78 is 0. The van der Waals surface area contributed by atoms with Gasteiger partial charge >= 0.3 is 0 Å². The second-order valence-corrected chi connectivity index (χ2v) is 7.23. The lowest BCUT2D eigenvalue weighted by Gasteiger charge is -2.39. The highest BCUT2D eigenvalue weighted by molar-refractivity contribution is 5.79. The molecule has 3 unspecified atom stereocenters. The number of nitrogens with two attached hydrogens (primary N) is 1. The Balaban J connectivity index is 1.60. The number of carbonyl (C=O) groups is 1. The number of piperidine rings is 1. The van der Waals surface area contributed by atoms with Gasteiger partial charge in [-0.25, -0.2) is 0 Å². The number of hydrogen-bond acceptors (Lipinski definition) is 3. The van der Waals surface area contributed by atoms with Crippen LogP contribution in [-0.2, 0) is 4.79 Å². The molecule has 21 heavy (non-hydrogen) atoms. The Morgan fingerprint density at radius 1 is 0.857 bits per heavy atom. The van der Waals surface area contributed by atoms with Crippen LogP contribution in [0.1, 0.15) is 57.8 Å². The summed E-state index contributed by atoms with van der Waals surface area (Å²) in [5, 5.41) is 0. The van der Waals surface area contributed by atoms with Crippen LogP contribution < -0.4 is 5.73 Å². The predicted molar refractivity (Wildman–Crippen MR) is 85.0 cm³/mol. The number of amides is 1. The fraction of sp³-hybridized carbons (Fsp3) is 0.941. The third kappa shape index (κ3) is 3.59. The van der Waals surface area contributed by atoms with E-state index in [4.69, 9.17) is 5.73 Å². The summed E-state index contributed by atoms with van der Waals surface area (Å²) in [5.74, 6) is 0.443. The standard InChI is InChI=1S/C17H31N3O/c18-16-9-3-1-2-8-15(16)17(21)20-12-6-7-14(13-20)19-10-4-5-11-19/h14-16H,1-13,18H2. The number of nitrogens with zero attached hydrogens (tertiary/aromatic N) is 2. The van der Waals surface area contributed by atoms with E-state index >= 15 is 0 Å². The van der Waals surface area contributed by atoms with Crippen LogP contribution in [0.4, 0.5) is 0 Å². The van der Waals surface area contributed by atoms with E-state index < -0.39 is 0 Å². The summed E-state index contributed by atoms with van der Waals surface area (Å²) in [6, 6.07) is 0.694. The summed E-state index contributed by atoms with van der Waals surface area (Å²) in [6.07, 6.45) is 10.7. The van der Waals surface area contributed by atoms with Crippen LogP contribution in [0.3, 0.4) is 0 Å². The first kappa shape index (κ1) is 15.3. The molecule has 0 bridgehead atoms. The molecule has 3 rings (SSSR count). The average Bonchev–Trinajstić information content (AvgIpc) is 2.96. The van der Waals surface area contributed by atoms with Crippen molar-refractivity contribution < 1.29 is 4.79 Å². The van der Waals surface area contributed by atoms with Gasteiger partial charge in [-0.3, -0.25) is 9.69 Å². The smallest absolute Gasteiger partial charge is 0.227 e. The van der Waals surface area contributed by atoms with E-state index in [0.29, 0.717) is 11.9 Å². The zero-order valence-corrected chi connectivity index (χ0v) is 13.3. The molecule has 2 N–H and O–H groups in total. The predicted octanol–water partition coefficient (Wildman–Crippen LogP) is 1.98.